The molecule has 1 aliphatic rings. The Morgan fingerprint density at radius 3 is 1.40 bits per heavy atom. The minimum Gasteiger partial charge on any atom is -0.0737 e. The molecule has 228 valence electrons. The minimum absolute atomic E-state index is 0.223. The van der Waals surface area contributed by atoms with Crippen LogP contribution in [0.2, 0.25) is 37.3 Å². The fraction of sp³-hybridized carbons (Fsp3) is 0.737. The molecule has 0 heterocycles. The van der Waals surface area contributed by atoms with Crippen LogP contribution < -0.4 is 10.4 Å². The van der Waals surface area contributed by atoms with E-state index in [1.165, 1.54) is 120 Å². The van der Waals surface area contributed by atoms with Crippen LogP contribution in [0.3, 0.4) is 0 Å². The van der Waals surface area contributed by atoms with Crippen LogP contribution in [0.25, 0.3) is 0 Å². The van der Waals surface area contributed by atoms with Gasteiger partial charge < -0.3 is 0 Å². The summed E-state index contributed by atoms with van der Waals surface area (Å²) < 4.78 is 0. The van der Waals surface area contributed by atoms with Crippen LogP contribution in [0.4, 0.5) is 0 Å². The van der Waals surface area contributed by atoms with Crippen LogP contribution in [0.15, 0.2) is 41.0 Å². The second kappa shape index (κ2) is 16.7. The van der Waals surface area contributed by atoms with E-state index in [-0.39, 0.29) is 5.04 Å². The van der Waals surface area contributed by atoms with Gasteiger partial charge in [0.1, 0.15) is 0 Å². The molecule has 2 atom stereocenters. The largest absolute Gasteiger partial charge is 0.0976 e. The highest BCUT2D eigenvalue weighted by Crippen LogP contribution is 2.54. The SMILES string of the molecule is CCCCCCCCCCCCCCCCCC[Si](C)(c1cc(C)cc([Si](C)(C)C)c1)C1(C)C=C(C)C(C)=C1C. The zero-order valence-electron chi connectivity index (χ0n) is 28.8. The first-order valence-corrected chi connectivity index (χ1v) is 23.6. The smallest absolute Gasteiger partial charge is 0.0737 e. The number of allylic oxidation sites excluding steroid dienone is 4. The Morgan fingerprint density at radius 1 is 0.575 bits per heavy atom. The summed E-state index contributed by atoms with van der Waals surface area (Å²) in [5.74, 6) is 0. The second-order valence-corrected chi connectivity index (χ2v) is 24.9. The van der Waals surface area contributed by atoms with Crippen molar-refractivity contribution in [2.45, 2.75) is 182 Å². The van der Waals surface area contributed by atoms with E-state index in [1.807, 2.05) is 0 Å². The van der Waals surface area contributed by atoms with Gasteiger partial charge in [-0.3, -0.25) is 0 Å². The van der Waals surface area contributed by atoms with E-state index in [4.69, 9.17) is 0 Å². The van der Waals surface area contributed by atoms with Gasteiger partial charge in [-0.05, 0) is 33.3 Å². The number of unbranched alkanes of at least 4 members (excludes halogenated alkanes) is 15. The molecule has 0 bridgehead atoms. The Balaban J connectivity index is 1.87. The predicted molar refractivity (Wildman–Crippen MR) is 190 cm³/mol. The molecule has 0 saturated heterocycles. The molecule has 2 heteroatoms. The number of benzene rings is 1. The first kappa shape index (κ1) is 35.3. The quantitative estimate of drug-likeness (QED) is 0.106. The average molecular weight is 581 g/mol. The first-order chi connectivity index (χ1) is 18.9. The molecule has 2 rings (SSSR count). The maximum absolute atomic E-state index is 2.73. The molecule has 0 nitrogen and oxygen atoms in total. The first-order valence-electron chi connectivity index (χ1n) is 17.4. The van der Waals surface area contributed by atoms with E-state index < -0.39 is 16.1 Å². The maximum Gasteiger partial charge on any atom is 0.0976 e. The van der Waals surface area contributed by atoms with Gasteiger partial charge >= 0.3 is 0 Å². The van der Waals surface area contributed by atoms with Crippen LogP contribution in [0, 0.1) is 6.92 Å². The molecule has 0 fully saturated rings. The molecule has 0 radical (unpaired) electrons. The average Bonchev–Trinajstić information content (AvgIpc) is 3.10. The Labute approximate surface area is 253 Å². The van der Waals surface area contributed by atoms with Crippen molar-refractivity contribution in [3.8, 4) is 0 Å². The molecule has 0 aliphatic heterocycles. The lowest BCUT2D eigenvalue weighted by molar-refractivity contribution is 0.531. The number of aryl methyl sites for hydroxylation is 1. The zero-order chi connectivity index (χ0) is 29.8. The molecule has 0 amide bonds. The normalized spacial score (nSPS) is 19.3. The highest BCUT2D eigenvalue weighted by atomic mass is 28.3. The van der Waals surface area contributed by atoms with Crippen LogP contribution in [0.5, 0.6) is 0 Å². The van der Waals surface area contributed by atoms with E-state index in [0.717, 1.165) is 0 Å². The lowest BCUT2D eigenvalue weighted by atomic mass is 10.0. The highest BCUT2D eigenvalue weighted by Gasteiger charge is 2.49. The summed E-state index contributed by atoms with van der Waals surface area (Å²) in [6.45, 7) is 24.6. The summed E-state index contributed by atoms with van der Waals surface area (Å²) in [5.41, 5.74) is 6.18. The molecular formula is C38H68Si2. The lowest BCUT2D eigenvalue weighted by Crippen LogP contribution is -2.55. The molecule has 1 aromatic rings. The van der Waals surface area contributed by atoms with E-state index in [0.29, 0.717) is 0 Å². The lowest BCUT2D eigenvalue weighted by Gasteiger charge is -2.44. The summed E-state index contributed by atoms with van der Waals surface area (Å²) in [7, 11) is -3.19. The summed E-state index contributed by atoms with van der Waals surface area (Å²) in [5, 5.41) is 3.58. The van der Waals surface area contributed by atoms with Crippen LogP contribution in [-0.4, -0.2) is 16.1 Å². The third-order valence-electron chi connectivity index (χ3n) is 10.7. The van der Waals surface area contributed by atoms with Gasteiger partial charge in [0, 0.05) is 5.04 Å². The van der Waals surface area contributed by atoms with Gasteiger partial charge in [-0.25, -0.2) is 0 Å². The molecule has 0 aromatic heterocycles. The Hall–Kier alpha value is -0.866. The third kappa shape index (κ3) is 9.86. The fourth-order valence-corrected chi connectivity index (χ4v) is 13.5. The summed E-state index contributed by atoms with van der Waals surface area (Å²) in [4.78, 5) is 0. The highest BCUT2D eigenvalue weighted by molar-refractivity contribution is 6.95. The monoisotopic (exact) mass is 580 g/mol. The molecule has 0 spiro atoms. The molecule has 0 saturated carbocycles. The van der Waals surface area contributed by atoms with E-state index in [2.05, 4.69) is 92.0 Å². The Morgan fingerprint density at radius 2 is 1.00 bits per heavy atom. The van der Waals surface area contributed by atoms with Crippen molar-refractivity contribution in [2.75, 3.05) is 0 Å². The summed E-state index contributed by atoms with van der Waals surface area (Å²) in [6, 6.07) is 9.15. The van der Waals surface area contributed by atoms with Gasteiger partial charge in [-0.15, -0.1) is 0 Å². The van der Waals surface area contributed by atoms with Crippen molar-refractivity contribution < 1.29 is 0 Å². The van der Waals surface area contributed by atoms with Crippen molar-refractivity contribution in [3.63, 3.8) is 0 Å². The van der Waals surface area contributed by atoms with Crippen LogP contribution in [0.1, 0.15) is 143 Å². The summed E-state index contributed by atoms with van der Waals surface area (Å²) in [6.07, 6.45) is 25.8. The Kier molecular flexibility index (Phi) is 14.7. The maximum atomic E-state index is 2.73. The molecule has 1 aliphatic carbocycles. The summed E-state index contributed by atoms with van der Waals surface area (Å²) >= 11 is 0. The van der Waals surface area contributed by atoms with Gasteiger partial charge in [0.05, 0.1) is 16.1 Å². The van der Waals surface area contributed by atoms with Crippen LogP contribution in [-0.2, 0) is 0 Å². The van der Waals surface area contributed by atoms with Crippen LogP contribution >= 0.6 is 0 Å². The number of hydrogen-bond donors (Lipinski definition) is 0. The minimum atomic E-state index is -1.82. The van der Waals surface area contributed by atoms with Gasteiger partial charge in [-0.2, -0.15) is 0 Å². The predicted octanol–water partition coefficient (Wildman–Crippen LogP) is 12.1. The van der Waals surface area contributed by atoms with Gasteiger partial charge in [0.25, 0.3) is 0 Å². The molecule has 1 aromatic carbocycles. The third-order valence-corrected chi connectivity index (χ3v) is 18.4. The Bertz CT molecular complexity index is 962. The van der Waals surface area contributed by atoms with Crippen molar-refractivity contribution in [2.24, 2.45) is 0 Å². The fourth-order valence-electron chi connectivity index (χ4n) is 7.17. The van der Waals surface area contributed by atoms with Crippen molar-refractivity contribution in [1.29, 1.82) is 0 Å². The van der Waals surface area contributed by atoms with E-state index in [9.17, 15) is 0 Å². The van der Waals surface area contributed by atoms with Crippen molar-refractivity contribution in [3.05, 3.63) is 46.6 Å². The molecule has 40 heavy (non-hydrogen) atoms. The van der Waals surface area contributed by atoms with E-state index in [1.54, 1.807) is 21.5 Å². The van der Waals surface area contributed by atoms with Crippen molar-refractivity contribution >= 4 is 26.5 Å². The standard InChI is InChI=1S/C38H68Si2/c1-11-12-13-14-15-16-17-18-19-20-21-22-23-24-25-26-27-40(10,38(6)31-33(3)34(4)35(38)5)37-29-32(2)28-36(30-37)39(7,8)9/h28-31H,11-27H2,1-10H3. The second-order valence-electron chi connectivity index (χ2n) is 15.0. The topological polar surface area (TPSA) is 0 Å². The van der Waals surface area contributed by atoms with Crippen molar-refractivity contribution in [1.82, 2.24) is 0 Å². The molecular weight excluding hydrogens is 513 g/mol. The van der Waals surface area contributed by atoms with E-state index >= 15 is 0 Å². The molecule has 2 unspecified atom stereocenters. The van der Waals surface area contributed by atoms with Gasteiger partial charge in [0.15, 0.2) is 0 Å². The number of hydrogen-bond acceptors (Lipinski definition) is 0. The van der Waals surface area contributed by atoms with Gasteiger partial charge in [0.2, 0.25) is 0 Å². The number of rotatable bonds is 20. The molecule has 0 N–H and O–H groups in total. The zero-order valence-corrected chi connectivity index (χ0v) is 30.8. The van der Waals surface area contributed by atoms with Gasteiger partial charge in [-0.1, -0.05) is 200 Å².